The number of carboxylic acids is 1. The minimum atomic E-state index is -1.21. The number of amides is 1. The molecule has 1 aromatic heterocycles. The Bertz CT molecular complexity index is 629. The second-order valence-corrected chi connectivity index (χ2v) is 3.66. The van der Waals surface area contributed by atoms with E-state index in [2.05, 4.69) is 15.5 Å². The van der Waals surface area contributed by atoms with Crippen molar-refractivity contribution in [1.29, 1.82) is 0 Å². The van der Waals surface area contributed by atoms with Gasteiger partial charge in [0.05, 0.1) is 0 Å². The normalized spacial score (nSPS) is 10.1. The molecule has 2 aromatic rings. The molecule has 0 saturated carbocycles. The number of rotatable bonds is 3. The highest BCUT2D eigenvalue weighted by molar-refractivity contribution is 6.04. The number of aromatic nitrogens is 2. The fraction of sp³-hybridized carbons (Fsp3) is 0. The van der Waals surface area contributed by atoms with Gasteiger partial charge in [0.15, 0.2) is 5.82 Å². The van der Waals surface area contributed by atoms with Gasteiger partial charge < -0.3 is 20.6 Å². The van der Waals surface area contributed by atoms with Crippen LogP contribution in [0.4, 0.5) is 5.82 Å². The zero-order valence-corrected chi connectivity index (χ0v) is 9.41. The van der Waals surface area contributed by atoms with Gasteiger partial charge in [0.1, 0.15) is 17.2 Å². The smallest absolute Gasteiger partial charge is 0.353 e. The number of carbonyl (C=O) groups excluding carboxylic acids is 1. The summed E-state index contributed by atoms with van der Waals surface area (Å²) >= 11 is 0. The number of phenolic OH excluding ortho intramolecular Hbond substituents is 2. The summed E-state index contributed by atoms with van der Waals surface area (Å²) in [5.74, 6) is -2.36. The van der Waals surface area contributed by atoms with E-state index in [9.17, 15) is 19.8 Å². The van der Waals surface area contributed by atoms with Crippen LogP contribution in [0.3, 0.4) is 0 Å². The lowest BCUT2D eigenvalue weighted by Gasteiger charge is -2.03. The number of nitrogens with one attached hydrogen (secondary N) is 2. The molecular weight excluding hydrogens is 254 g/mol. The van der Waals surface area contributed by atoms with Gasteiger partial charge in [-0.25, -0.2) is 4.79 Å². The number of carbonyl (C=O) groups is 2. The average Bonchev–Trinajstić information content (AvgIpc) is 2.76. The minimum Gasteiger partial charge on any atom is -0.508 e. The molecule has 0 saturated heterocycles. The third-order valence-electron chi connectivity index (χ3n) is 2.21. The maximum absolute atomic E-state index is 11.8. The first-order valence-electron chi connectivity index (χ1n) is 5.09. The van der Waals surface area contributed by atoms with Gasteiger partial charge >= 0.3 is 5.97 Å². The number of hydrogen-bond donors (Lipinski definition) is 5. The zero-order valence-electron chi connectivity index (χ0n) is 9.41. The molecule has 98 valence electrons. The molecule has 0 aliphatic heterocycles. The van der Waals surface area contributed by atoms with Crippen LogP contribution in [0.1, 0.15) is 20.8 Å². The topological polar surface area (TPSA) is 136 Å². The summed E-state index contributed by atoms with van der Waals surface area (Å²) in [6.45, 7) is 0. The Morgan fingerprint density at radius 1 is 1.11 bits per heavy atom. The second-order valence-electron chi connectivity index (χ2n) is 3.66. The van der Waals surface area contributed by atoms with E-state index >= 15 is 0 Å². The lowest BCUT2D eigenvalue weighted by atomic mass is 10.2. The van der Waals surface area contributed by atoms with Crippen molar-refractivity contribution in [2.45, 2.75) is 0 Å². The average molecular weight is 263 g/mol. The highest BCUT2D eigenvalue weighted by atomic mass is 16.4. The third kappa shape index (κ3) is 2.80. The number of H-pyrrole nitrogens is 1. The molecule has 8 nitrogen and oxygen atoms in total. The third-order valence-corrected chi connectivity index (χ3v) is 2.21. The Kier molecular flexibility index (Phi) is 3.06. The second kappa shape index (κ2) is 4.69. The van der Waals surface area contributed by atoms with Crippen LogP contribution < -0.4 is 5.32 Å². The standard InChI is InChI=1S/C11H9N3O5/c15-6-1-5(2-7(16)3-6)10(17)12-9-4-8(11(18)19)13-14-9/h1-4,15-16H,(H,18,19)(H2,12,13,14,17). The van der Waals surface area contributed by atoms with Gasteiger partial charge in [-0.2, -0.15) is 5.10 Å². The molecule has 2 rings (SSSR count). The predicted octanol–water partition coefficient (Wildman–Crippen LogP) is 0.771. The summed E-state index contributed by atoms with van der Waals surface area (Å²) in [5, 5.41) is 35.3. The van der Waals surface area contributed by atoms with E-state index in [-0.39, 0.29) is 28.6 Å². The summed E-state index contributed by atoms with van der Waals surface area (Å²) in [6.07, 6.45) is 0. The lowest BCUT2D eigenvalue weighted by Crippen LogP contribution is -2.12. The molecule has 5 N–H and O–H groups in total. The first kappa shape index (κ1) is 12.4. The summed E-state index contributed by atoms with van der Waals surface area (Å²) < 4.78 is 0. The van der Waals surface area contributed by atoms with Crippen LogP contribution in [-0.4, -0.2) is 37.4 Å². The van der Waals surface area contributed by atoms with Gasteiger partial charge in [0.25, 0.3) is 5.91 Å². The van der Waals surface area contributed by atoms with Crippen molar-refractivity contribution in [2.24, 2.45) is 0 Å². The molecule has 8 heteroatoms. The van der Waals surface area contributed by atoms with Gasteiger partial charge in [0.2, 0.25) is 0 Å². The number of carboxylic acid groups (broad SMARTS) is 1. The van der Waals surface area contributed by atoms with Gasteiger partial charge in [-0.15, -0.1) is 0 Å². The molecule has 0 bridgehead atoms. The van der Waals surface area contributed by atoms with Crippen LogP contribution in [0.5, 0.6) is 11.5 Å². The Morgan fingerprint density at radius 2 is 1.74 bits per heavy atom. The van der Waals surface area contributed by atoms with Gasteiger partial charge in [-0.3, -0.25) is 9.89 Å². The molecule has 0 aliphatic carbocycles. The maximum Gasteiger partial charge on any atom is 0.353 e. The number of phenols is 2. The van der Waals surface area contributed by atoms with Crippen LogP contribution in [-0.2, 0) is 0 Å². The van der Waals surface area contributed by atoms with E-state index in [0.29, 0.717) is 0 Å². The van der Waals surface area contributed by atoms with Crippen molar-refractivity contribution in [2.75, 3.05) is 5.32 Å². The summed E-state index contributed by atoms with van der Waals surface area (Å²) in [6, 6.07) is 4.52. The highest BCUT2D eigenvalue weighted by Crippen LogP contribution is 2.21. The number of aromatic amines is 1. The lowest BCUT2D eigenvalue weighted by molar-refractivity contribution is 0.0690. The molecule has 1 aromatic carbocycles. The van der Waals surface area contributed by atoms with E-state index in [1.165, 1.54) is 0 Å². The SMILES string of the molecule is O=C(Nc1cc(C(=O)O)[nH]n1)c1cc(O)cc(O)c1. The molecule has 1 heterocycles. The van der Waals surface area contributed by atoms with Crippen LogP contribution >= 0.6 is 0 Å². The maximum atomic E-state index is 11.8. The largest absolute Gasteiger partial charge is 0.508 e. The molecule has 0 fully saturated rings. The van der Waals surface area contributed by atoms with Crippen molar-refractivity contribution in [3.63, 3.8) is 0 Å². The van der Waals surface area contributed by atoms with E-state index < -0.39 is 11.9 Å². The first-order chi connectivity index (χ1) is 8.95. The molecular formula is C11H9N3O5. The Balaban J connectivity index is 2.18. The molecule has 1 amide bonds. The minimum absolute atomic E-state index is 0.0115. The summed E-state index contributed by atoms with van der Waals surface area (Å²) in [7, 11) is 0. The van der Waals surface area contributed by atoms with Crippen molar-refractivity contribution < 1.29 is 24.9 Å². The zero-order chi connectivity index (χ0) is 14.0. The number of anilines is 1. The summed E-state index contributed by atoms with van der Waals surface area (Å²) in [5.41, 5.74) is -0.161. The quantitative estimate of drug-likeness (QED) is 0.555. The molecule has 0 unspecified atom stereocenters. The van der Waals surface area contributed by atoms with Crippen molar-refractivity contribution in [3.8, 4) is 11.5 Å². The van der Waals surface area contributed by atoms with Gasteiger partial charge in [-0.05, 0) is 12.1 Å². The van der Waals surface area contributed by atoms with Crippen LogP contribution in [0.2, 0.25) is 0 Å². The van der Waals surface area contributed by atoms with E-state index in [4.69, 9.17) is 5.11 Å². The van der Waals surface area contributed by atoms with E-state index in [0.717, 1.165) is 24.3 Å². The van der Waals surface area contributed by atoms with Gasteiger partial charge in [0, 0.05) is 17.7 Å². The molecule has 0 aliphatic rings. The summed E-state index contributed by atoms with van der Waals surface area (Å²) in [4.78, 5) is 22.4. The fourth-order valence-corrected chi connectivity index (χ4v) is 1.41. The predicted molar refractivity (Wildman–Crippen MR) is 63.3 cm³/mol. The number of aromatic carboxylic acids is 1. The Labute approximate surface area is 106 Å². The Morgan fingerprint density at radius 3 is 2.26 bits per heavy atom. The van der Waals surface area contributed by atoms with Crippen LogP contribution in [0.15, 0.2) is 24.3 Å². The first-order valence-corrected chi connectivity index (χ1v) is 5.09. The number of nitrogens with zero attached hydrogens (tertiary/aromatic N) is 1. The van der Waals surface area contributed by atoms with Crippen molar-refractivity contribution >= 4 is 17.7 Å². The van der Waals surface area contributed by atoms with Crippen molar-refractivity contribution in [3.05, 3.63) is 35.5 Å². The number of aromatic hydroxyl groups is 2. The number of benzene rings is 1. The van der Waals surface area contributed by atoms with Crippen LogP contribution in [0, 0.1) is 0 Å². The van der Waals surface area contributed by atoms with Gasteiger partial charge in [-0.1, -0.05) is 0 Å². The highest BCUT2D eigenvalue weighted by Gasteiger charge is 2.12. The van der Waals surface area contributed by atoms with E-state index in [1.807, 2.05) is 0 Å². The monoisotopic (exact) mass is 263 g/mol. The molecule has 0 radical (unpaired) electrons. The molecule has 0 atom stereocenters. The number of hydrogen-bond acceptors (Lipinski definition) is 5. The van der Waals surface area contributed by atoms with E-state index in [1.54, 1.807) is 0 Å². The molecule has 0 spiro atoms. The Hall–Kier alpha value is -3.03. The fourth-order valence-electron chi connectivity index (χ4n) is 1.41. The van der Waals surface area contributed by atoms with Crippen molar-refractivity contribution in [1.82, 2.24) is 10.2 Å². The van der Waals surface area contributed by atoms with Crippen LogP contribution in [0.25, 0.3) is 0 Å². The molecule has 19 heavy (non-hydrogen) atoms.